The van der Waals surface area contributed by atoms with E-state index in [1.807, 2.05) is 25.1 Å². The van der Waals surface area contributed by atoms with Crippen LogP contribution in [0.2, 0.25) is 5.02 Å². The van der Waals surface area contributed by atoms with Gasteiger partial charge in [0.15, 0.2) is 0 Å². The van der Waals surface area contributed by atoms with Gasteiger partial charge in [-0.15, -0.1) is 5.10 Å². The molecule has 2 aromatic rings. The molecule has 96 valence electrons. The molecule has 1 heterocycles. The average Bonchev–Trinajstić information content (AvgIpc) is 2.76. The van der Waals surface area contributed by atoms with Crippen LogP contribution < -0.4 is 0 Å². The van der Waals surface area contributed by atoms with Crippen LogP contribution in [0.15, 0.2) is 18.2 Å². The third-order valence-electron chi connectivity index (χ3n) is 2.95. The summed E-state index contributed by atoms with van der Waals surface area (Å²) in [5.74, 6) is 0. The first kappa shape index (κ1) is 13.1. The van der Waals surface area contributed by atoms with Gasteiger partial charge < -0.3 is 5.11 Å². The standard InChI is InChI=1S/C13H16ClN3O/c1-3-5-13-11(8-18)15-16-17(13)12-7-4-6-10(14)9(12)2/h4,6-7,18H,3,5,8H2,1-2H3. The summed E-state index contributed by atoms with van der Waals surface area (Å²) in [6, 6.07) is 5.70. The highest BCUT2D eigenvalue weighted by molar-refractivity contribution is 6.31. The van der Waals surface area contributed by atoms with Crippen molar-refractivity contribution in [3.63, 3.8) is 0 Å². The predicted molar refractivity (Wildman–Crippen MR) is 71.0 cm³/mol. The fourth-order valence-electron chi connectivity index (χ4n) is 1.96. The van der Waals surface area contributed by atoms with Crippen molar-refractivity contribution in [2.75, 3.05) is 0 Å². The normalized spacial score (nSPS) is 10.9. The highest BCUT2D eigenvalue weighted by Crippen LogP contribution is 2.23. The van der Waals surface area contributed by atoms with Gasteiger partial charge in [-0.3, -0.25) is 0 Å². The van der Waals surface area contributed by atoms with Gasteiger partial charge in [-0.2, -0.15) is 0 Å². The van der Waals surface area contributed by atoms with Gasteiger partial charge in [0, 0.05) is 5.02 Å². The lowest BCUT2D eigenvalue weighted by atomic mass is 10.1. The van der Waals surface area contributed by atoms with E-state index >= 15 is 0 Å². The molecule has 0 radical (unpaired) electrons. The van der Waals surface area contributed by atoms with Gasteiger partial charge in [0.05, 0.1) is 18.0 Å². The summed E-state index contributed by atoms with van der Waals surface area (Å²) >= 11 is 6.12. The first-order valence-electron chi connectivity index (χ1n) is 5.98. The Morgan fingerprint density at radius 2 is 2.17 bits per heavy atom. The number of aliphatic hydroxyl groups is 1. The molecule has 0 spiro atoms. The lowest BCUT2D eigenvalue weighted by molar-refractivity contribution is 0.275. The van der Waals surface area contributed by atoms with E-state index in [2.05, 4.69) is 17.2 Å². The van der Waals surface area contributed by atoms with E-state index in [0.717, 1.165) is 29.8 Å². The highest BCUT2D eigenvalue weighted by Gasteiger charge is 2.14. The fourth-order valence-corrected chi connectivity index (χ4v) is 2.13. The van der Waals surface area contributed by atoms with Crippen LogP contribution in [0.1, 0.15) is 30.3 Å². The summed E-state index contributed by atoms with van der Waals surface area (Å²) in [5.41, 5.74) is 3.46. The summed E-state index contributed by atoms with van der Waals surface area (Å²) in [5, 5.41) is 18.1. The molecule has 0 amide bonds. The molecule has 0 aliphatic heterocycles. The second-order valence-electron chi connectivity index (χ2n) is 4.19. The summed E-state index contributed by atoms with van der Waals surface area (Å²) in [6.45, 7) is 3.95. The van der Waals surface area contributed by atoms with Crippen LogP contribution in [-0.2, 0) is 13.0 Å². The largest absolute Gasteiger partial charge is 0.390 e. The summed E-state index contributed by atoms with van der Waals surface area (Å²) in [7, 11) is 0. The molecule has 0 unspecified atom stereocenters. The maximum atomic E-state index is 9.29. The molecule has 1 aromatic heterocycles. The van der Waals surface area contributed by atoms with Crippen LogP contribution in [0.3, 0.4) is 0 Å². The number of benzene rings is 1. The van der Waals surface area contributed by atoms with E-state index in [1.165, 1.54) is 0 Å². The Morgan fingerprint density at radius 1 is 1.39 bits per heavy atom. The Hall–Kier alpha value is -1.39. The molecular formula is C13H16ClN3O. The van der Waals surface area contributed by atoms with Crippen molar-refractivity contribution in [2.45, 2.75) is 33.3 Å². The molecule has 4 nitrogen and oxygen atoms in total. The van der Waals surface area contributed by atoms with E-state index in [0.29, 0.717) is 10.7 Å². The van der Waals surface area contributed by atoms with Crippen LogP contribution in [-0.4, -0.2) is 20.1 Å². The van der Waals surface area contributed by atoms with E-state index in [9.17, 15) is 5.11 Å². The zero-order chi connectivity index (χ0) is 13.1. The number of aromatic nitrogens is 3. The number of hydrogen-bond acceptors (Lipinski definition) is 3. The SMILES string of the molecule is CCCc1c(CO)nnn1-c1cccc(Cl)c1C. The molecule has 1 N–H and O–H groups in total. The molecular weight excluding hydrogens is 250 g/mol. The van der Waals surface area contributed by atoms with Gasteiger partial charge in [0.25, 0.3) is 0 Å². The smallest absolute Gasteiger partial charge is 0.112 e. The van der Waals surface area contributed by atoms with Crippen LogP contribution in [0.5, 0.6) is 0 Å². The minimum atomic E-state index is -0.0883. The Labute approximate surface area is 111 Å². The Balaban J connectivity index is 2.56. The monoisotopic (exact) mass is 265 g/mol. The van der Waals surface area contributed by atoms with Gasteiger partial charge >= 0.3 is 0 Å². The molecule has 0 aliphatic rings. The van der Waals surface area contributed by atoms with Crippen molar-refractivity contribution in [3.05, 3.63) is 40.2 Å². The Kier molecular flexibility index (Phi) is 3.99. The number of halogens is 1. The minimum absolute atomic E-state index is 0.0883. The van der Waals surface area contributed by atoms with Crippen LogP contribution in [0.25, 0.3) is 5.69 Å². The van der Waals surface area contributed by atoms with Crippen molar-refractivity contribution in [2.24, 2.45) is 0 Å². The number of hydrogen-bond donors (Lipinski definition) is 1. The molecule has 18 heavy (non-hydrogen) atoms. The molecule has 0 atom stereocenters. The first-order valence-corrected chi connectivity index (χ1v) is 6.36. The lowest BCUT2D eigenvalue weighted by Crippen LogP contribution is -2.05. The van der Waals surface area contributed by atoms with Gasteiger partial charge in [0.1, 0.15) is 5.69 Å². The van der Waals surface area contributed by atoms with Crippen LogP contribution in [0.4, 0.5) is 0 Å². The molecule has 0 saturated heterocycles. The van der Waals surface area contributed by atoms with Gasteiger partial charge in [-0.25, -0.2) is 4.68 Å². The number of nitrogens with zero attached hydrogens (tertiary/aromatic N) is 3. The average molecular weight is 266 g/mol. The van der Waals surface area contributed by atoms with E-state index in [1.54, 1.807) is 4.68 Å². The summed E-state index contributed by atoms with van der Waals surface area (Å²) in [6.07, 6.45) is 1.80. The van der Waals surface area contributed by atoms with Crippen molar-refractivity contribution in [1.82, 2.24) is 15.0 Å². The predicted octanol–water partition coefficient (Wildman–Crippen LogP) is 2.67. The topological polar surface area (TPSA) is 50.9 Å². The summed E-state index contributed by atoms with van der Waals surface area (Å²) in [4.78, 5) is 0. The van der Waals surface area contributed by atoms with Crippen molar-refractivity contribution >= 4 is 11.6 Å². The zero-order valence-electron chi connectivity index (χ0n) is 10.5. The summed E-state index contributed by atoms with van der Waals surface area (Å²) < 4.78 is 1.77. The second-order valence-corrected chi connectivity index (χ2v) is 4.59. The molecule has 5 heteroatoms. The van der Waals surface area contributed by atoms with Crippen LogP contribution >= 0.6 is 11.6 Å². The van der Waals surface area contributed by atoms with Gasteiger partial charge in [-0.1, -0.05) is 36.2 Å². The van der Waals surface area contributed by atoms with Crippen molar-refractivity contribution in [3.8, 4) is 5.69 Å². The van der Waals surface area contributed by atoms with Crippen LogP contribution in [0, 0.1) is 6.92 Å². The maximum Gasteiger partial charge on any atom is 0.112 e. The number of rotatable bonds is 4. The highest BCUT2D eigenvalue weighted by atomic mass is 35.5. The first-order chi connectivity index (χ1) is 8.69. The molecule has 1 aromatic carbocycles. The quantitative estimate of drug-likeness (QED) is 0.925. The Bertz CT molecular complexity index is 551. The van der Waals surface area contributed by atoms with E-state index in [4.69, 9.17) is 11.6 Å². The Morgan fingerprint density at radius 3 is 2.83 bits per heavy atom. The number of aliphatic hydroxyl groups excluding tert-OH is 1. The zero-order valence-corrected chi connectivity index (χ0v) is 11.3. The molecule has 0 saturated carbocycles. The third kappa shape index (κ3) is 2.26. The molecule has 2 rings (SSSR count). The van der Waals surface area contributed by atoms with Gasteiger partial charge in [-0.05, 0) is 31.0 Å². The lowest BCUT2D eigenvalue weighted by Gasteiger charge is -2.10. The molecule has 0 bridgehead atoms. The second kappa shape index (κ2) is 5.50. The third-order valence-corrected chi connectivity index (χ3v) is 3.36. The molecule has 0 aliphatic carbocycles. The maximum absolute atomic E-state index is 9.29. The van der Waals surface area contributed by atoms with Crippen molar-refractivity contribution in [1.29, 1.82) is 0 Å². The molecule has 0 fully saturated rings. The van der Waals surface area contributed by atoms with Crippen molar-refractivity contribution < 1.29 is 5.11 Å². The minimum Gasteiger partial charge on any atom is -0.390 e. The van der Waals surface area contributed by atoms with E-state index < -0.39 is 0 Å². The van der Waals surface area contributed by atoms with Gasteiger partial charge in [0.2, 0.25) is 0 Å². The van der Waals surface area contributed by atoms with E-state index in [-0.39, 0.29) is 6.61 Å². The fraction of sp³-hybridized carbons (Fsp3) is 0.385.